The van der Waals surface area contributed by atoms with Gasteiger partial charge >= 0.3 is 5.97 Å². The molecule has 3 rings (SSSR count). The molecule has 0 spiro atoms. The van der Waals surface area contributed by atoms with Crippen molar-refractivity contribution in [2.45, 2.75) is 74.7 Å². The lowest BCUT2D eigenvalue weighted by molar-refractivity contribution is -0.132. The van der Waals surface area contributed by atoms with E-state index in [2.05, 4.69) is 85.2 Å². The summed E-state index contributed by atoms with van der Waals surface area (Å²) in [6.45, 7) is 27.9. The van der Waals surface area contributed by atoms with Gasteiger partial charge < -0.3 is 20.1 Å². The third-order valence-corrected chi connectivity index (χ3v) is 7.48. The van der Waals surface area contributed by atoms with Crippen molar-refractivity contribution in [3.63, 3.8) is 0 Å². The van der Waals surface area contributed by atoms with E-state index in [1.165, 1.54) is 16.0 Å². The molecule has 0 aliphatic carbocycles. The van der Waals surface area contributed by atoms with Crippen LogP contribution in [0.4, 0.5) is 0 Å². The molecule has 8 heteroatoms. The predicted octanol–water partition coefficient (Wildman–Crippen LogP) is 9.73. The van der Waals surface area contributed by atoms with E-state index in [-0.39, 0.29) is 5.57 Å². The molecule has 2 aliphatic rings. The summed E-state index contributed by atoms with van der Waals surface area (Å²) in [5.41, 5.74) is 3.52. The Balaban J connectivity index is 0. The zero-order valence-electron chi connectivity index (χ0n) is 30.1. The van der Waals surface area contributed by atoms with E-state index < -0.39 is 5.97 Å². The number of nitrogens with zero attached hydrogens (tertiary/aromatic N) is 2. The first kappa shape index (κ1) is 45.1. The Morgan fingerprint density at radius 1 is 1.13 bits per heavy atom. The van der Waals surface area contributed by atoms with Crippen LogP contribution in [0.15, 0.2) is 108 Å². The summed E-state index contributed by atoms with van der Waals surface area (Å²) in [5, 5.41) is 11.7. The van der Waals surface area contributed by atoms with Gasteiger partial charge in [0.25, 0.3) is 0 Å². The molecule has 1 aromatic carbocycles. The molecule has 47 heavy (non-hydrogen) atoms. The standard InChI is InChI=1S/C20H27N3O4.C13H16S.2C2H6.C2H4/c1-3-17(20(25)26)11-15(2)27-13-16-7-9-23(10-8-16)19-6-4-5-18(12-21-19)22-14-24;1-4-6-13(14-5-2)12-9-7-11(3)8-10-12;3*1-2/h3,5-6,11-12,14,16H,4,7-10,13H2,1-2H3,(H,22,24)(H,25,26);4,6-10H,1,5H2,2-3H3;2*1-2H3;1-2H2/b15-11+,17-3+;13-6-;;;. The predicted molar refractivity (Wildman–Crippen MR) is 205 cm³/mol. The molecule has 2 heterocycles. The highest BCUT2D eigenvalue weighted by Crippen LogP contribution is 2.27. The number of nitrogens with one attached hydrogen (secondary N) is 1. The maximum absolute atomic E-state index is 11.0. The van der Waals surface area contributed by atoms with Gasteiger partial charge in [-0.2, -0.15) is 0 Å². The Morgan fingerprint density at radius 3 is 2.26 bits per heavy atom. The van der Waals surface area contributed by atoms with Gasteiger partial charge in [0.15, 0.2) is 0 Å². The molecule has 1 aromatic rings. The number of aryl methyl sites for hydroxylation is 1. The summed E-state index contributed by atoms with van der Waals surface area (Å²) in [6.07, 6.45) is 16.1. The van der Waals surface area contributed by atoms with Crippen molar-refractivity contribution in [3.8, 4) is 0 Å². The number of hydrogen-bond acceptors (Lipinski definition) is 6. The van der Waals surface area contributed by atoms with Crippen molar-refractivity contribution in [1.29, 1.82) is 0 Å². The molecule has 0 atom stereocenters. The van der Waals surface area contributed by atoms with Crippen LogP contribution in [0, 0.1) is 12.8 Å². The summed E-state index contributed by atoms with van der Waals surface area (Å²) < 4.78 is 5.75. The molecule has 1 amide bonds. The number of carbonyl (C=O) groups excluding carboxylic acids is 1. The smallest absolute Gasteiger partial charge is 0.335 e. The number of carboxylic acid groups (broad SMARTS) is 1. The second-order valence-electron chi connectivity index (χ2n) is 9.59. The lowest BCUT2D eigenvalue weighted by Crippen LogP contribution is -2.34. The number of likely N-dealkylation sites (tertiary alicyclic amines) is 1. The van der Waals surface area contributed by atoms with Gasteiger partial charge in [-0.1, -0.05) is 89.3 Å². The molecule has 0 unspecified atom stereocenters. The fourth-order valence-corrected chi connectivity index (χ4v) is 5.03. The van der Waals surface area contributed by atoms with Crippen molar-refractivity contribution in [2.24, 2.45) is 10.9 Å². The summed E-state index contributed by atoms with van der Waals surface area (Å²) in [5.74, 6) is 2.12. The van der Waals surface area contributed by atoms with Gasteiger partial charge in [0.2, 0.25) is 6.41 Å². The van der Waals surface area contributed by atoms with Crippen LogP contribution >= 0.6 is 11.8 Å². The minimum absolute atomic E-state index is 0.234. The van der Waals surface area contributed by atoms with E-state index in [1.807, 2.05) is 51.6 Å². The zero-order valence-corrected chi connectivity index (χ0v) is 30.9. The summed E-state index contributed by atoms with van der Waals surface area (Å²) >= 11 is 1.85. The molecule has 2 aliphatic heterocycles. The van der Waals surface area contributed by atoms with Crippen LogP contribution in [0.5, 0.6) is 0 Å². The molecule has 0 bridgehead atoms. The normalized spacial score (nSPS) is 14.7. The fraction of sp³-hybridized carbons (Fsp3) is 0.410. The number of carboxylic acids is 1. The topological polar surface area (TPSA) is 91.2 Å². The molecule has 0 saturated carbocycles. The summed E-state index contributed by atoms with van der Waals surface area (Å²) in [6, 6.07) is 8.60. The number of benzene rings is 1. The quantitative estimate of drug-likeness (QED) is 0.0760. The highest BCUT2D eigenvalue weighted by molar-refractivity contribution is 8.08. The number of amides is 1. The number of piperidine rings is 1. The Kier molecular flexibility index (Phi) is 28.2. The van der Waals surface area contributed by atoms with Gasteiger partial charge in [-0.25, -0.2) is 9.79 Å². The molecule has 1 fully saturated rings. The van der Waals surface area contributed by atoms with Gasteiger partial charge in [0.05, 0.1) is 29.9 Å². The molecule has 2 N–H and O–H groups in total. The molecule has 0 radical (unpaired) electrons. The Morgan fingerprint density at radius 2 is 1.74 bits per heavy atom. The third-order valence-electron chi connectivity index (χ3n) is 6.51. The Bertz CT molecular complexity index is 1220. The van der Waals surface area contributed by atoms with Crippen molar-refractivity contribution >= 4 is 35.3 Å². The van der Waals surface area contributed by atoms with Crippen LogP contribution in [0.25, 0.3) is 4.91 Å². The maximum Gasteiger partial charge on any atom is 0.335 e. The first-order chi connectivity index (χ1) is 22.8. The first-order valence-electron chi connectivity index (χ1n) is 16.4. The van der Waals surface area contributed by atoms with E-state index in [0.717, 1.165) is 43.9 Å². The number of thioether (sulfide) groups is 1. The molecule has 7 nitrogen and oxygen atoms in total. The number of hydrogen-bond donors (Lipinski definition) is 2. The van der Waals surface area contributed by atoms with Crippen LogP contribution in [-0.4, -0.2) is 54.0 Å². The number of aliphatic imine (C=N–C) groups is 1. The van der Waals surface area contributed by atoms with Gasteiger partial charge in [0, 0.05) is 18.0 Å². The number of rotatable bonds is 12. The van der Waals surface area contributed by atoms with E-state index in [0.29, 0.717) is 30.4 Å². The number of ether oxygens (including phenoxy) is 1. The monoisotopic (exact) mass is 665 g/mol. The van der Waals surface area contributed by atoms with E-state index >= 15 is 0 Å². The SMILES string of the molecule is C/C=C(\C=C(/C)OCC1CCN(C2=CCC=C(NC=O)C=N2)CC1)C(=O)O.C=C.C=C/C=C(\SCC)c1ccc(C)cc1.CC.CC. The van der Waals surface area contributed by atoms with E-state index in [4.69, 9.17) is 9.84 Å². The second-order valence-corrected chi connectivity index (χ2v) is 10.9. The zero-order chi connectivity index (χ0) is 36.0. The first-order valence-corrected chi connectivity index (χ1v) is 17.4. The number of allylic oxidation sites excluding steroid dienone is 7. The molecular formula is C39H59N3O4S. The minimum atomic E-state index is -0.952. The van der Waals surface area contributed by atoms with Crippen molar-refractivity contribution in [2.75, 3.05) is 25.4 Å². The van der Waals surface area contributed by atoms with Crippen molar-refractivity contribution in [1.82, 2.24) is 10.2 Å². The summed E-state index contributed by atoms with van der Waals surface area (Å²) in [4.78, 5) is 29.6. The van der Waals surface area contributed by atoms with Crippen LogP contribution in [0.1, 0.15) is 78.9 Å². The number of carbonyl (C=O) groups is 2. The lowest BCUT2D eigenvalue weighted by atomic mass is 9.98. The second kappa shape index (κ2) is 29.4. The molecular weight excluding hydrogens is 607 g/mol. The summed E-state index contributed by atoms with van der Waals surface area (Å²) in [7, 11) is 0. The van der Waals surface area contributed by atoms with Crippen LogP contribution < -0.4 is 5.32 Å². The highest BCUT2D eigenvalue weighted by atomic mass is 32.2. The average molecular weight is 666 g/mol. The van der Waals surface area contributed by atoms with E-state index in [9.17, 15) is 9.59 Å². The van der Waals surface area contributed by atoms with Crippen molar-refractivity contribution < 1.29 is 19.4 Å². The average Bonchev–Trinajstić information content (AvgIpc) is 3.35. The van der Waals surface area contributed by atoms with Crippen molar-refractivity contribution in [3.05, 3.63) is 114 Å². The largest absolute Gasteiger partial charge is 0.498 e. The van der Waals surface area contributed by atoms with Gasteiger partial charge in [-0.3, -0.25) is 4.79 Å². The molecule has 0 aromatic heterocycles. The van der Waals surface area contributed by atoms with Gasteiger partial charge in [-0.05, 0) is 75.5 Å². The van der Waals surface area contributed by atoms with Crippen LogP contribution in [-0.2, 0) is 14.3 Å². The Labute approximate surface area is 289 Å². The fourth-order valence-electron chi connectivity index (χ4n) is 4.22. The van der Waals surface area contributed by atoms with Gasteiger partial charge in [0.1, 0.15) is 5.82 Å². The minimum Gasteiger partial charge on any atom is -0.498 e. The highest BCUT2D eigenvalue weighted by Gasteiger charge is 2.21. The molecule has 260 valence electrons. The lowest BCUT2D eigenvalue weighted by Gasteiger charge is -2.33. The van der Waals surface area contributed by atoms with Crippen LogP contribution in [0.2, 0.25) is 0 Å². The van der Waals surface area contributed by atoms with Gasteiger partial charge in [-0.15, -0.1) is 24.9 Å². The Hall–Kier alpha value is -4.04. The maximum atomic E-state index is 11.0. The number of aliphatic carboxylic acids is 1. The molecule has 1 saturated heterocycles. The van der Waals surface area contributed by atoms with Crippen LogP contribution in [0.3, 0.4) is 0 Å². The third kappa shape index (κ3) is 19.3. The van der Waals surface area contributed by atoms with E-state index in [1.54, 1.807) is 32.2 Å².